The maximum atomic E-state index is 13.6. The summed E-state index contributed by atoms with van der Waals surface area (Å²) in [5.74, 6) is -1.96. The molecular formula is C28H53N5O5. The van der Waals surface area contributed by atoms with Crippen molar-refractivity contribution in [2.75, 3.05) is 21.1 Å². The van der Waals surface area contributed by atoms with Crippen molar-refractivity contribution in [3.05, 3.63) is 0 Å². The molecule has 0 aromatic rings. The first-order valence-corrected chi connectivity index (χ1v) is 13.9. The second kappa shape index (κ2) is 16.3. The summed E-state index contributed by atoms with van der Waals surface area (Å²) in [6.07, 6.45) is 2.21. The summed E-state index contributed by atoms with van der Waals surface area (Å²) in [4.78, 5) is 69.3. The van der Waals surface area contributed by atoms with Crippen LogP contribution >= 0.6 is 0 Å². The second-order valence-corrected chi connectivity index (χ2v) is 11.5. The van der Waals surface area contributed by atoms with E-state index in [0.717, 1.165) is 0 Å². The number of rotatable bonds is 16. The molecule has 4 atom stereocenters. The van der Waals surface area contributed by atoms with Crippen molar-refractivity contribution in [2.45, 2.75) is 112 Å². The summed E-state index contributed by atoms with van der Waals surface area (Å²) in [6, 6.07) is -3.23. The lowest BCUT2D eigenvalue weighted by Crippen LogP contribution is -2.60. The molecule has 0 radical (unpaired) electrons. The van der Waals surface area contributed by atoms with Gasteiger partial charge in [0.1, 0.15) is 24.2 Å². The van der Waals surface area contributed by atoms with Crippen molar-refractivity contribution in [3.63, 3.8) is 0 Å². The maximum absolute atomic E-state index is 13.6. The van der Waals surface area contributed by atoms with E-state index in [1.807, 2.05) is 55.4 Å². The quantitative estimate of drug-likeness (QED) is 0.311. The van der Waals surface area contributed by atoms with Crippen LogP contribution in [0.2, 0.25) is 0 Å². The molecule has 0 aromatic heterocycles. The summed E-state index contributed by atoms with van der Waals surface area (Å²) in [5, 5.41) is 2.86. The Labute approximate surface area is 230 Å². The summed E-state index contributed by atoms with van der Waals surface area (Å²) < 4.78 is 0. The zero-order valence-corrected chi connectivity index (χ0v) is 25.5. The van der Waals surface area contributed by atoms with Crippen LogP contribution < -0.4 is 11.1 Å². The minimum absolute atomic E-state index is 0.0849. The molecule has 0 aromatic carbocycles. The number of carbonyl (C=O) groups is 5. The van der Waals surface area contributed by atoms with E-state index in [0.29, 0.717) is 32.1 Å². The predicted octanol–water partition coefficient (Wildman–Crippen LogP) is 2.40. The van der Waals surface area contributed by atoms with Crippen LogP contribution in [0.25, 0.3) is 0 Å². The molecule has 5 amide bonds. The Hall–Kier alpha value is -2.65. The first kappa shape index (κ1) is 35.4. The Morgan fingerprint density at radius 1 is 0.711 bits per heavy atom. The van der Waals surface area contributed by atoms with Crippen molar-refractivity contribution >= 4 is 29.5 Å². The van der Waals surface area contributed by atoms with Gasteiger partial charge in [-0.05, 0) is 43.4 Å². The Kier molecular flexibility index (Phi) is 15.2. The molecule has 0 rings (SSSR count). The molecule has 0 saturated heterocycles. The van der Waals surface area contributed by atoms with Gasteiger partial charge in [-0.2, -0.15) is 0 Å². The normalized spacial score (nSPS) is 14.6. The number of carbonyl (C=O) groups excluding carboxylic acids is 5. The molecule has 0 heterocycles. The van der Waals surface area contributed by atoms with E-state index in [-0.39, 0.29) is 29.6 Å². The Morgan fingerprint density at radius 2 is 1.18 bits per heavy atom. The van der Waals surface area contributed by atoms with E-state index in [2.05, 4.69) is 5.32 Å². The molecule has 10 nitrogen and oxygen atoms in total. The number of nitrogens with one attached hydrogen (secondary N) is 1. The molecule has 0 bridgehead atoms. The molecule has 38 heavy (non-hydrogen) atoms. The molecular weight excluding hydrogens is 486 g/mol. The van der Waals surface area contributed by atoms with E-state index in [1.54, 1.807) is 14.1 Å². The standard InChI is InChI=1S/C28H53N5O5/c1-12-14-23(34)31(9)20(13-2)27(37)33(11)22(16-18(5)6)26(36)30-24(19(7)8)28(38)32(10)21(25(29)35)15-17(3)4/h17-22,24H,12-16H2,1-11H3,(H2,29,35)(H,30,36)/t20-,21+,22+,24+/m1/s1. The van der Waals surface area contributed by atoms with Gasteiger partial charge in [0, 0.05) is 27.6 Å². The highest BCUT2D eigenvalue weighted by Crippen LogP contribution is 2.18. The molecule has 0 aliphatic heterocycles. The van der Waals surface area contributed by atoms with Crippen LogP contribution in [0.1, 0.15) is 87.5 Å². The van der Waals surface area contributed by atoms with Crippen LogP contribution in [0.5, 0.6) is 0 Å². The van der Waals surface area contributed by atoms with E-state index >= 15 is 0 Å². The van der Waals surface area contributed by atoms with E-state index in [1.165, 1.54) is 21.7 Å². The monoisotopic (exact) mass is 539 g/mol. The van der Waals surface area contributed by atoms with Crippen LogP contribution in [0.3, 0.4) is 0 Å². The van der Waals surface area contributed by atoms with E-state index in [4.69, 9.17) is 5.73 Å². The van der Waals surface area contributed by atoms with Gasteiger partial charge >= 0.3 is 0 Å². The molecule has 0 aliphatic rings. The minimum Gasteiger partial charge on any atom is -0.368 e. The van der Waals surface area contributed by atoms with Crippen LogP contribution in [0.4, 0.5) is 0 Å². The van der Waals surface area contributed by atoms with Gasteiger partial charge in [0.25, 0.3) is 0 Å². The highest BCUT2D eigenvalue weighted by molar-refractivity contribution is 5.95. The highest BCUT2D eigenvalue weighted by Gasteiger charge is 2.38. The Balaban J connectivity index is 6.03. The zero-order valence-electron chi connectivity index (χ0n) is 25.5. The zero-order chi connectivity index (χ0) is 29.9. The fraction of sp³-hybridized carbons (Fsp3) is 0.821. The lowest BCUT2D eigenvalue weighted by molar-refractivity contribution is -0.149. The number of nitrogens with zero attached hydrogens (tertiary/aromatic N) is 3. The SMILES string of the molecule is CCCC(=O)N(C)[C@H](CC)C(=O)N(C)[C@@H](CC(C)C)C(=O)N[C@H](C(=O)N(C)[C@@H](CC(C)C)C(N)=O)C(C)C. The third kappa shape index (κ3) is 10.3. The smallest absolute Gasteiger partial charge is 0.245 e. The minimum atomic E-state index is -0.907. The fourth-order valence-corrected chi connectivity index (χ4v) is 4.50. The van der Waals surface area contributed by atoms with Gasteiger partial charge in [0.2, 0.25) is 29.5 Å². The first-order chi connectivity index (χ1) is 17.5. The molecule has 0 saturated carbocycles. The Morgan fingerprint density at radius 3 is 1.58 bits per heavy atom. The maximum Gasteiger partial charge on any atom is 0.245 e. The van der Waals surface area contributed by atoms with Crippen LogP contribution in [-0.2, 0) is 24.0 Å². The summed E-state index contributed by atoms with van der Waals surface area (Å²) >= 11 is 0. The summed E-state index contributed by atoms with van der Waals surface area (Å²) in [5.41, 5.74) is 5.59. The number of amides is 5. The number of hydrogen-bond donors (Lipinski definition) is 2. The highest BCUT2D eigenvalue weighted by atomic mass is 16.2. The number of primary amides is 1. The lowest BCUT2D eigenvalue weighted by atomic mass is 9.97. The van der Waals surface area contributed by atoms with Crippen LogP contribution in [0.15, 0.2) is 0 Å². The average Bonchev–Trinajstić information content (AvgIpc) is 2.82. The van der Waals surface area contributed by atoms with Gasteiger partial charge in [-0.1, -0.05) is 55.4 Å². The number of likely N-dealkylation sites (N-methyl/N-ethyl adjacent to an activating group) is 3. The van der Waals surface area contributed by atoms with Gasteiger partial charge in [0.15, 0.2) is 0 Å². The largest absolute Gasteiger partial charge is 0.368 e. The summed E-state index contributed by atoms with van der Waals surface area (Å²) in [7, 11) is 4.71. The molecule has 10 heteroatoms. The Bertz CT molecular complexity index is 813. The lowest BCUT2D eigenvalue weighted by Gasteiger charge is -2.36. The van der Waals surface area contributed by atoms with Crippen molar-refractivity contribution in [3.8, 4) is 0 Å². The van der Waals surface area contributed by atoms with E-state index < -0.39 is 41.9 Å². The molecule has 0 unspecified atom stereocenters. The van der Waals surface area contributed by atoms with Crippen LogP contribution in [-0.4, -0.2) is 89.5 Å². The van der Waals surface area contributed by atoms with Crippen molar-refractivity contribution < 1.29 is 24.0 Å². The number of nitrogens with two attached hydrogens (primary N) is 1. The molecule has 3 N–H and O–H groups in total. The second-order valence-electron chi connectivity index (χ2n) is 11.5. The van der Waals surface area contributed by atoms with Gasteiger partial charge in [-0.25, -0.2) is 0 Å². The predicted molar refractivity (Wildman–Crippen MR) is 150 cm³/mol. The van der Waals surface area contributed by atoms with Crippen molar-refractivity contribution in [2.24, 2.45) is 23.5 Å². The van der Waals surface area contributed by atoms with Crippen molar-refractivity contribution in [1.82, 2.24) is 20.0 Å². The summed E-state index contributed by atoms with van der Waals surface area (Å²) in [6.45, 7) is 15.1. The van der Waals surface area contributed by atoms with Crippen molar-refractivity contribution in [1.29, 1.82) is 0 Å². The molecule has 0 spiro atoms. The third-order valence-electron chi connectivity index (χ3n) is 6.88. The van der Waals surface area contributed by atoms with Gasteiger partial charge in [-0.15, -0.1) is 0 Å². The molecule has 220 valence electrons. The van der Waals surface area contributed by atoms with Gasteiger partial charge in [-0.3, -0.25) is 24.0 Å². The van der Waals surface area contributed by atoms with Gasteiger partial charge in [0.05, 0.1) is 0 Å². The van der Waals surface area contributed by atoms with E-state index in [9.17, 15) is 24.0 Å². The fourth-order valence-electron chi connectivity index (χ4n) is 4.50. The van der Waals surface area contributed by atoms with Gasteiger partial charge < -0.3 is 25.8 Å². The van der Waals surface area contributed by atoms with Crippen LogP contribution in [0, 0.1) is 17.8 Å². The average molecular weight is 540 g/mol. The molecule has 0 aliphatic carbocycles. The first-order valence-electron chi connectivity index (χ1n) is 13.9. The topological polar surface area (TPSA) is 133 Å². The molecule has 0 fully saturated rings. The number of hydrogen-bond acceptors (Lipinski definition) is 5. The third-order valence-corrected chi connectivity index (χ3v) is 6.88.